The van der Waals surface area contributed by atoms with Gasteiger partial charge in [-0.2, -0.15) is 5.26 Å². The molecule has 0 aliphatic heterocycles. The number of benzene rings is 1. The molecule has 1 rings (SSSR count). The fourth-order valence-corrected chi connectivity index (χ4v) is 1.21. The first-order valence-electron chi connectivity index (χ1n) is 4.05. The van der Waals surface area contributed by atoms with Gasteiger partial charge in [0.2, 0.25) is 0 Å². The van der Waals surface area contributed by atoms with Gasteiger partial charge in [0, 0.05) is 5.69 Å². The average Bonchev–Trinajstić information content (AvgIpc) is 2.09. The summed E-state index contributed by atoms with van der Waals surface area (Å²) in [5, 5.41) is 17.3. The predicted octanol–water partition coefficient (Wildman–Crippen LogP) is 1.08. The van der Waals surface area contributed by atoms with Crippen molar-refractivity contribution in [1.82, 2.24) is 0 Å². The van der Waals surface area contributed by atoms with E-state index in [4.69, 9.17) is 16.1 Å². The summed E-state index contributed by atoms with van der Waals surface area (Å²) >= 11 is 0. The third-order valence-electron chi connectivity index (χ3n) is 1.95. The average molecular weight is 190 g/mol. The lowest BCUT2D eigenvalue weighted by atomic mass is 10.0. The number of aryl methyl sites for hydroxylation is 1. The molecule has 1 aromatic carbocycles. The predicted molar refractivity (Wildman–Crippen MR) is 51.6 cm³/mol. The first-order valence-corrected chi connectivity index (χ1v) is 4.05. The first kappa shape index (κ1) is 10.1. The lowest BCUT2D eigenvalue weighted by Crippen LogP contribution is -2.04. The Hall–Kier alpha value is -2.02. The molecule has 4 nitrogen and oxygen atoms in total. The first-order chi connectivity index (χ1) is 6.54. The molecular weight excluding hydrogens is 180 g/mol. The van der Waals surface area contributed by atoms with Crippen molar-refractivity contribution < 1.29 is 9.90 Å². The second kappa shape index (κ2) is 3.79. The van der Waals surface area contributed by atoms with Crippen molar-refractivity contribution in [3.8, 4) is 6.07 Å². The maximum atomic E-state index is 10.5. The molecule has 0 radical (unpaired) electrons. The van der Waals surface area contributed by atoms with Crippen LogP contribution in [0.3, 0.4) is 0 Å². The molecule has 0 unspecified atom stereocenters. The maximum absolute atomic E-state index is 10.5. The number of nitriles is 1. The monoisotopic (exact) mass is 190 g/mol. The lowest BCUT2D eigenvalue weighted by Gasteiger charge is -2.05. The summed E-state index contributed by atoms with van der Waals surface area (Å²) in [6, 6.07) is 5.14. The summed E-state index contributed by atoms with van der Waals surface area (Å²) in [4.78, 5) is 10.5. The summed E-state index contributed by atoms with van der Waals surface area (Å²) in [7, 11) is 0. The minimum absolute atomic E-state index is 0.152. The van der Waals surface area contributed by atoms with Gasteiger partial charge >= 0.3 is 5.97 Å². The fourth-order valence-electron chi connectivity index (χ4n) is 1.21. The van der Waals surface area contributed by atoms with Crippen LogP contribution in [-0.4, -0.2) is 11.1 Å². The van der Waals surface area contributed by atoms with E-state index in [2.05, 4.69) is 0 Å². The molecule has 1 aromatic rings. The normalized spacial score (nSPS) is 9.43. The van der Waals surface area contributed by atoms with E-state index in [9.17, 15) is 4.79 Å². The number of anilines is 1. The highest BCUT2D eigenvalue weighted by atomic mass is 16.4. The number of carboxylic acids is 1. The number of nitrogens with two attached hydrogens (primary N) is 1. The molecule has 0 saturated heterocycles. The summed E-state index contributed by atoms with van der Waals surface area (Å²) in [5.74, 6) is -0.954. The Labute approximate surface area is 81.6 Å². The number of nitrogens with zero attached hydrogens (tertiary/aromatic N) is 1. The van der Waals surface area contributed by atoms with E-state index >= 15 is 0 Å². The summed E-state index contributed by atoms with van der Waals surface area (Å²) in [6.07, 6.45) is -0.152. The standard InChI is InChI=1S/C10H10N2O2/c1-6-2-9(12)7(4-10(13)14)3-8(6)5-11/h2-3H,4,12H2,1H3,(H,13,14). The quantitative estimate of drug-likeness (QED) is 0.683. The van der Waals surface area contributed by atoms with Gasteiger partial charge in [0.1, 0.15) is 0 Å². The van der Waals surface area contributed by atoms with Crippen molar-refractivity contribution in [2.75, 3.05) is 5.73 Å². The van der Waals surface area contributed by atoms with Crippen LogP contribution >= 0.6 is 0 Å². The Morgan fingerprint density at radius 1 is 1.64 bits per heavy atom. The molecule has 4 heteroatoms. The third-order valence-corrected chi connectivity index (χ3v) is 1.95. The van der Waals surface area contributed by atoms with Crippen LogP contribution in [0.5, 0.6) is 0 Å². The maximum Gasteiger partial charge on any atom is 0.307 e. The van der Waals surface area contributed by atoms with Crippen LogP contribution in [0.2, 0.25) is 0 Å². The molecule has 0 saturated carbocycles. The Morgan fingerprint density at radius 2 is 2.29 bits per heavy atom. The Kier molecular flexibility index (Phi) is 2.73. The van der Waals surface area contributed by atoms with E-state index < -0.39 is 5.97 Å². The van der Waals surface area contributed by atoms with Gasteiger partial charge < -0.3 is 10.8 Å². The van der Waals surface area contributed by atoms with Gasteiger partial charge in [0.15, 0.2) is 0 Å². The minimum atomic E-state index is -0.954. The Morgan fingerprint density at radius 3 is 2.79 bits per heavy atom. The number of aliphatic carboxylic acids is 1. The molecule has 0 amide bonds. The van der Waals surface area contributed by atoms with E-state index in [0.717, 1.165) is 5.56 Å². The Bertz CT molecular complexity index is 419. The van der Waals surface area contributed by atoms with Crippen LogP contribution in [0.25, 0.3) is 0 Å². The zero-order valence-corrected chi connectivity index (χ0v) is 7.74. The minimum Gasteiger partial charge on any atom is -0.481 e. The second-order valence-electron chi connectivity index (χ2n) is 3.05. The molecule has 0 aliphatic rings. The molecule has 14 heavy (non-hydrogen) atoms. The van der Waals surface area contributed by atoms with Crippen LogP contribution in [0.1, 0.15) is 16.7 Å². The number of rotatable bonds is 2. The number of nitrogen functional groups attached to an aromatic ring is 1. The van der Waals surface area contributed by atoms with E-state index in [1.165, 1.54) is 6.07 Å². The van der Waals surface area contributed by atoms with E-state index in [-0.39, 0.29) is 6.42 Å². The zero-order chi connectivity index (χ0) is 10.7. The van der Waals surface area contributed by atoms with Crippen LogP contribution < -0.4 is 5.73 Å². The van der Waals surface area contributed by atoms with Gasteiger partial charge in [-0.1, -0.05) is 0 Å². The van der Waals surface area contributed by atoms with E-state index in [1.807, 2.05) is 6.07 Å². The van der Waals surface area contributed by atoms with Crippen molar-refractivity contribution in [2.45, 2.75) is 13.3 Å². The van der Waals surface area contributed by atoms with Gasteiger partial charge in [-0.05, 0) is 30.2 Å². The van der Waals surface area contributed by atoms with Crippen LogP contribution in [0, 0.1) is 18.3 Å². The highest BCUT2D eigenvalue weighted by Crippen LogP contribution is 2.18. The van der Waals surface area contributed by atoms with Gasteiger partial charge in [-0.3, -0.25) is 4.79 Å². The summed E-state index contributed by atoms with van der Waals surface area (Å²) in [5.41, 5.74) is 7.76. The number of carboxylic acid groups (broad SMARTS) is 1. The highest BCUT2D eigenvalue weighted by molar-refractivity contribution is 5.73. The smallest absolute Gasteiger partial charge is 0.307 e. The van der Waals surface area contributed by atoms with Crippen LogP contribution in [-0.2, 0) is 11.2 Å². The van der Waals surface area contributed by atoms with Crippen LogP contribution in [0.4, 0.5) is 5.69 Å². The van der Waals surface area contributed by atoms with Crippen molar-refractivity contribution in [3.63, 3.8) is 0 Å². The van der Waals surface area contributed by atoms with Gasteiger partial charge in [0.25, 0.3) is 0 Å². The van der Waals surface area contributed by atoms with E-state index in [1.54, 1.807) is 13.0 Å². The topological polar surface area (TPSA) is 87.1 Å². The molecule has 0 atom stereocenters. The van der Waals surface area contributed by atoms with Crippen molar-refractivity contribution in [3.05, 3.63) is 28.8 Å². The summed E-state index contributed by atoms with van der Waals surface area (Å²) < 4.78 is 0. The molecule has 0 fully saturated rings. The second-order valence-corrected chi connectivity index (χ2v) is 3.05. The fraction of sp³-hybridized carbons (Fsp3) is 0.200. The number of hydrogen-bond acceptors (Lipinski definition) is 3. The van der Waals surface area contributed by atoms with Crippen molar-refractivity contribution in [2.24, 2.45) is 0 Å². The largest absolute Gasteiger partial charge is 0.481 e. The molecule has 3 N–H and O–H groups in total. The lowest BCUT2D eigenvalue weighted by molar-refractivity contribution is -0.136. The molecule has 0 heterocycles. The number of hydrogen-bond donors (Lipinski definition) is 2. The molecular formula is C10H10N2O2. The van der Waals surface area contributed by atoms with E-state index in [0.29, 0.717) is 16.8 Å². The number of carbonyl (C=O) groups is 1. The Balaban J connectivity index is 3.19. The summed E-state index contributed by atoms with van der Waals surface area (Å²) in [6.45, 7) is 1.76. The van der Waals surface area contributed by atoms with Crippen molar-refractivity contribution >= 4 is 11.7 Å². The van der Waals surface area contributed by atoms with Crippen molar-refractivity contribution in [1.29, 1.82) is 5.26 Å². The van der Waals surface area contributed by atoms with Gasteiger partial charge in [-0.25, -0.2) is 0 Å². The highest BCUT2D eigenvalue weighted by Gasteiger charge is 2.08. The SMILES string of the molecule is Cc1cc(N)c(CC(=O)O)cc1C#N. The third kappa shape index (κ3) is 2.02. The molecule has 0 aromatic heterocycles. The molecule has 0 spiro atoms. The molecule has 72 valence electrons. The zero-order valence-electron chi connectivity index (χ0n) is 7.74. The molecule has 0 aliphatic carbocycles. The van der Waals surface area contributed by atoms with Crippen LogP contribution in [0.15, 0.2) is 12.1 Å². The van der Waals surface area contributed by atoms with Gasteiger partial charge in [0.05, 0.1) is 18.1 Å². The van der Waals surface area contributed by atoms with Gasteiger partial charge in [-0.15, -0.1) is 0 Å². The molecule has 0 bridgehead atoms.